The molecule has 180 valence electrons. The maximum absolute atomic E-state index is 11.8. The van der Waals surface area contributed by atoms with Gasteiger partial charge in [0.2, 0.25) is 0 Å². The standard InChI is InChI=1S/C24H38O7Si/c1-8-14-27-23-22(30-17(2)25)21(28-15-18-12-10-9-11-13-18)20(26)19(31-23)16-29-32(6,7)24(3,4)5/h8-13,19-23,26H,1,14-16H2,2-7H3/t19-,20-,21+,22-,23?/m1/s1. The first-order chi connectivity index (χ1) is 15.0. The number of rotatable bonds is 10. The van der Waals surface area contributed by atoms with E-state index in [1.54, 1.807) is 6.08 Å². The van der Waals surface area contributed by atoms with Gasteiger partial charge in [-0.25, -0.2) is 0 Å². The third-order valence-electron chi connectivity index (χ3n) is 6.00. The van der Waals surface area contributed by atoms with E-state index < -0.39 is 45.0 Å². The van der Waals surface area contributed by atoms with E-state index in [1.807, 2.05) is 30.3 Å². The van der Waals surface area contributed by atoms with E-state index in [-0.39, 0.29) is 24.9 Å². The van der Waals surface area contributed by atoms with Gasteiger partial charge in [0.15, 0.2) is 20.7 Å². The number of esters is 1. The summed E-state index contributed by atoms with van der Waals surface area (Å²) in [5, 5.41) is 11.2. The second kappa shape index (κ2) is 11.5. The van der Waals surface area contributed by atoms with Gasteiger partial charge >= 0.3 is 5.97 Å². The van der Waals surface area contributed by atoms with Gasteiger partial charge in [-0.3, -0.25) is 4.79 Å². The first-order valence-corrected chi connectivity index (χ1v) is 13.9. The normalized spacial score (nSPS) is 26.5. The summed E-state index contributed by atoms with van der Waals surface area (Å²) in [7, 11) is -2.08. The first kappa shape index (κ1) is 26.7. The zero-order valence-electron chi connectivity index (χ0n) is 20.1. The van der Waals surface area contributed by atoms with Crippen LogP contribution < -0.4 is 0 Å². The molecule has 0 aliphatic carbocycles. The molecule has 0 aromatic heterocycles. The highest BCUT2D eigenvalue weighted by atomic mass is 28.4. The molecule has 1 unspecified atom stereocenters. The summed E-state index contributed by atoms with van der Waals surface area (Å²) in [5.74, 6) is -0.512. The molecule has 8 heteroatoms. The van der Waals surface area contributed by atoms with Gasteiger partial charge in [-0.15, -0.1) is 6.58 Å². The number of carbonyl (C=O) groups excluding carboxylic acids is 1. The van der Waals surface area contributed by atoms with Crippen LogP contribution >= 0.6 is 0 Å². The van der Waals surface area contributed by atoms with E-state index in [0.29, 0.717) is 0 Å². The van der Waals surface area contributed by atoms with Gasteiger partial charge in [0.1, 0.15) is 18.3 Å². The van der Waals surface area contributed by atoms with Gasteiger partial charge in [0, 0.05) is 6.92 Å². The van der Waals surface area contributed by atoms with Crippen LogP contribution in [-0.2, 0) is 34.8 Å². The SMILES string of the molecule is C=CCOC1O[C@H](CO[Si](C)(C)C(C)(C)C)[C@@H](O)[C@H](OCc2ccccc2)[C@H]1OC(C)=O. The average Bonchev–Trinajstić information content (AvgIpc) is 2.71. The van der Waals surface area contributed by atoms with Crippen LogP contribution in [0.4, 0.5) is 0 Å². The minimum Gasteiger partial charge on any atom is -0.454 e. The van der Waals surface area contributed by atoms with E-state index in [9.17, 15) is 9.90 Å². The molecule has 5 atom stereocenters. The molecule has 0 spiro atoms. The van der Waals surface area contributed by atoms with E-state index in [0.717, 1.165) is 5.56 Å². The van der Waals surface area contributed by atoms with Crippen molar-refractivity contribution >= 4 is 14.3 Å². The summed E-state index contributed by atoms with van der Waals surface area (Å²) < 4.78 is 29.6. The smallest absolute Gasteiger partial charge is 0.303 e. The van der Waals surface area contributed by atoms with Crippen molar-refractivity contribution in [1.82, 2.24) is 0 Å². The Morgan fingerprint density at radius 1 is 1.19 bits per heavy atom. The molecule has 32 heavy (non-hydrogen) atoms. The number of aliphatic hydroxyl groups excluding tert-OH is 1. The number of ether oxygens (including phenoxy) is 4. The summed E-state index contributed by atoms with van der Waals surface area (Å²) in [4.78, 5) is 11.8. The number of hydrogen-bond donors (Lipinski definition) is 1. The Labute approximate surface area is 192 Å². The van der Waals surface area contributed by atoms with Crippen LogP contribution in [0.25, 0.3) is 0 Å². The van der Waals surface area contributed by atoms with Gasteiger partial charge in [-0.05, 0) is 23.7 Å². The molecule has 2 rings (SSSR count). The lowest BCUT2D eigenvalue weighted by Crippen LogP contribution is -2.62. The fourth-order valence-electron chi connectivity index (χ4n) is 3.11. The van der Waals surface area contributed by atoms with Crippen molar-refractivity contribution in [3.63, 3.8) is 0 Å². The molecule has 0 amide bonds. The molecule has 1 aromatic rings. The van der Waals surface area contributed by atoms with E-state index >= 15 is 0 Å². The molecule has 0 bridgehead atoms. The van der Waals surface area contributed by atoms with Gasteiger partial charge in [-0.1, -0.05) is 57.2 Å². The number of hydrogen-bond acceptors (Lipinski definition) is 7. The Bertz CT molecular complexity index is 732. The van der Waals surface area contributed by atoms with Gasteiger partial charge in [0.25, 0.3) is 0 Å². The lowest BCUT2D eigenvalue weighted by atomic mass is 9.98. The van der Waals surface area contributed by atoms with Crippen molar-refractivity contribution in [2.24, 2.45) is 0 Å². The van der Waals surface area contributed by atoms with Crippen molar-refractivity contribution in [1.29, 1.82) is 0 Å². The van der Waals surface area contributed by atoms with Gasteiger partial charge in [-0.2, -0.15) is 0 Å². The van der Waals surface area contributed by atoms with E-state index in [4.69, 9.17) is 23.4 Å². The second-order valence-electron chi connectivity index (χ2n) is 9.56. The summed E-state index contributed by atoms with van der Waals surface area (Å²) in [6.07, 6.45) is -2.90. The Kier molecular flexibility index (Phi) is 9.63. The molecule has 1 aromatic carbocycles. The van der Waals surface area contributed by atoms with Crippen LogP contribution in [0.15, 0.2) is 43.0 Å². The average molecular weight is 467 g/mol. The van der Waals surface area contributed by atoms with Crippen molar-refractivity contribution in [2.45, 2.75) is 83.1 Å². The lowest BCUT2D eigenvalue weighted by Gasteiger charge is -2.45. The van der Waals surface area contributed by atoms with Crippen LogP contribution in [0.2, 0.25) is 18.1 Å². The highest BCUT2D eigenvalue weighted by Gasteiger charge is 2.49. The van der Waals surface area contributed by atoms with Crippen molar-refractivity contribution in [3.05, 3.63) is 48.6 Å². The summed E-state index contributed by atoms with van der Waals surface area (Å²) in [6.45, 7) is 16.3. The molecule has 7 nitrogen and oxygen atoms in total. The Balaban J connectivity index is 2.24. The largest absolute Gasteiger partial charge is 0.454 e. The highest BCUT2D eigenvalue weighted by Crippen LogP contribution is 2.37. The molecular formula is C24H38O7Si. The predicted octanol–water partition coefficient (Wildman–Crippen LogP) is 3.81. The van der Waals surface area contributed by atoms with Gasteiger partial charge < -0.3 is 28.5 Å². The molecule has 1 saturated heterocycles. The highest BCUT2D eigenvalue weighted by molar-refractivity contribution is 6.74. The molecule has 1 N–H and O–H groups in total. The monoisotopic (exact) mass is 466 g/mol. The number of carbonyl (C=O) groups is 1. The minimum atomic E-state index is -2.08. The van der Waals surface area contributed by atoms with Crippen LogP contribution in [-0.4, -0.2) is 63.3 Å². The summed E-state index contributed by atoms with van der Waals surface area (Å²) in [5.41, 5.74) is 0.936. The van der Waals surface area contributed by atoms with Crippen LogP contribution in [0.5, 0.6) is 0 Å². The molecule has 0 saturated carbocycles. The third kappa shape index (κ3) is 7.23. The fraction of sp³-hybridized carbons (Fsp3) is 0.625. The Morgan fingerprint density at radius 3 is 2.41 bits per heavy atom. The Hall–Kier alpha value is -1.55. The second-order valence-corrected chi connectivity index (χ2v) is 14.4. The van der Waals surface area contributed by atoms with Crippen LogP contribution in [0.1, 0.15) is 33.3 Å². The van der Waals surface area contributed by atoms with Crippen LogP contribution in [0, 0.1) is 0 Å². The van der Waals surface area contributed by atoms with Gasteiger partial charge in [0.05, 0.1) is 19.8 Å². The molecule has 0 radical (unpaired) electrons. The minimum absolute atomic E-state index is 0.00878. The maximum Gasteiger partial charge on any atom is 0.303 e. The zero-order valence-corrected chi connectivity index (χ0v) is 21.1. The summed E-state index contributed by atoms with van der Waals surface area (Å²) in [6, 6.07) is 9.59. The topological polar surface area (TPSA) is 83.5 Å². The summed E-state index contributed by atoms with van der Waals surface area (Å²) >= 11 is 0. The predicted molar refractivity (Wildman–Crippen MR) is 125 cm³/mol. The third-order valence-corrected chi connectivity index (χ3v) is 10.5. The van der Waals surface area contributed by atoms with Crippen molar-refractivity contribution < 1.29 is 33.3 Å². The van der Waals surface area contributed by atoms with E-state index in [1.165, 1.54) is 6.92 Å². The van der Waals surface area contributed by atoms with Crippen LogP contribution in [0.3, 0.4) is 0 Å². The molecule has 1 heterocycles. The fourth-order valence-corrected chi connectivity index (χ4v) is 4.12. The molecule has 1 aliphatic heterocycles. The lowest BCUT2D eigenvalue weighted by molar-refractivity contribution is -0.308. The zero-order chi connectivity index (χ0) is 23.9. The Morgan fingerprint density at radius 2 is 1.84 bits per heavy atom. The molecule has 1 aliphatic rings. The maximum atomic E-state index is 11.8. The quantitative estimate of drug-likeness (QED) is 0.319. The molecular weight excluding hydrogens is 428 g/mol. The van der Waals surface area contributed by atoms with Crippen molar-refractivity contribution in [2.75, 3.05) is 13.2 Å². The number of aliphatic hydroxyl groups is 1. The van der Waals surface area contributed by atoms with Crippen molar-refractivity contribution in [3.8, 4) is 0 Å². The van der Waals surface area contributed by atoms with E-state index in [2.05, 4.69) is 40.4 Å². The number of benzene rings is 1. The molecule has 1 fully saturated rings. The first-order valence-electron chi connectivity index (χ1n) is 11.0.